The van der Waals surface area contributed by atoms with Gasteiger partial charge in [0, 0.05) is 43.4 Å². The lowest BCUT2D eigenvalue weighted by molar-refractivity contribution is 0.0946. The highest BCUT2D eigenvalue weighted by atomic mass is 35.5. The van der Waals surface area contributed by atoms with E-state index in [1.807, 2.05) is 6.07 Å². The minimum absolute atomic E-state index is 0.0258. The quantitative estimate of drug-likeness (QED) is 0.378. The van der Waals surface area contributed by atoms with Crippen molar-refractivity contribution in [3.63, 3.8) is 0 Å². The first-order valence-electron chi connectivity index (χ1n) is 10.3. The summed E-state index contributed by atoms with van der Waals surface area (Å²) in [4.78, 5) is 16.5. The number of halogens is 1. The second-order valence-corrected chi connectivity index (χ2v) is 8.31. The van der Waals surface area contributed by atoms with Crippen molar-refractivity contribution in [1.29, 1.82) is 0 Å². The molecule has 9 heteroatoms. The summed E-state index contributed by atoms with van der Waals surface area (Å²) in [6, 6.07) is 6.88. The van der Waals surface area contributed by atoms with Crippen LogP contribution in [0.5, 0.6) is 5.88 Å². The van der Waals surface area contributed by atoms with Crippen LogP contribution in [0.4, 0.5) is 0 Å². The molecular formula is C22H21ClN4O4. The summed E-state index contributed by atoms with van der Waals surface area (Å²) in [5, 5.41) is 12.8. The molecule has 0 bridgehead atoms. The lowest BCUT2D eigenvalue weighted by atomic mass is 10.0. The van der Waals surface area contributed by atoms with Crippen molar-refractivity contribution in [2.75, 3.05) is 13.2 Å². The van der Waals surface area contributed by atoms with Crippen LogP contribution in [0.25, 0.3) is 11.3 Å². The molecule has 1 aliphatic carbocycles. The molecule has 0 aromatic carbocycles. The Morgan fingerprint density at radius 1 is 1.16 bits per heavy atom. The van der Waals surface area contributed by atoms with Gasteiger partial charge in [-0.15, -0.1) is 10.2 Å². The Bertz CT molecular complexity index is 1060. The van der Waals surface area contributed by atoms with Crippen LogP contribution in [0.15, 0.2) is 35.0 Å². The lowest BCUT2D eigenvalue weighted by Gasteiger charge is -2.08. The molecule has 0 radical (unpaired) electrons. The van der Waals surface area contributed by atoms with Crippen LogP contribution in [0, 0.1) is 5.92 Å². The minimum atomic E-state index is -0.0258. The highest BCUT2D eigenvalue weighted by molar-refractivity contribution is 6.29. The number of aromatic nitrogens is 4. The van der Waals surface area contributed by atoms with Gasteiger partial charge in [0.15, 0.2) is 5.78 Å². The molecule has 2 fully saturated rings. The molecule has 0 N–H and O–H groups in total. The maximum Gasteiger partial charge on any atom is 0.233 e. The molecule has 0 unspecified atom stereocenters. The van der Waals surface area contributed by atoms with Gasteiger partial charge >= 0.3 is 0 Å². The smallest absolute Gasteiger partial charge is 0.233 e. The van der Waals surface area contributed by atoms with Crippen LogP contribution < -0.4 is 4.74 Å². The second kappa shape index (κ2) is 8.72. The Balaban J connectivity index is 1.29. The van der Waals surface area contributed by atoms with Gasteiger partial charge in [0.1, 0.15) is 28.9 Å². The molecule has 5 rings (SSSR count). The van der Waals surface area contributed by atoms with Crippen molar-refractivity contribution < 1.29 is 18.8 Å². The molecule has 8 nitrogen and oxygen atoms in total. The number of rotatable bonds is 8. The van der Waals surface area contributed by atoms with Crippen molar-refractivity contribution in [3.8, 4) is 17.1 Å². The molecule has 0 spiro atoms. The third kappa shape index (κ3) is 4.60. The number of hydrogen-bond acceptors (Lipinski definition) is 8. The fraction of sp³-hybridized carbons (Fsp3) is 0.409. The topological polar surface area (TPSA) is 100 Å². The molecule has 3 aromatic rings. The molecule has 2 aliphatic rings. The minimum Gasteiger partial charge on any atom is -0.472 e. The van der Waals surface area contributed by atoms with Gasteiger partial charge < -0.3 is 14.0 Å². The Labute approximate surface area is 183 Å². The first kappa shape index (κ1) is 20.1. The standard InChI is InChI=1S/C22H21ClN4O4/c23-19-5-3-15(10-24-19)21-16(22(31-27-21)14-1-2-14)12-30-20-6-4-17(25-26-20)18(28)9-13-7-8-29-11-13/h3-6,10,13-14H,1-2,7-9,11-12H2/t13-/m1/s1. The Morgan fingerprint density at radius 2 is 2.06 bits per heavy atom. The molecule has 3 aromatic heterocycles. The predicted molar refractivity (Wildman–Crippen MR) is 111 cm³/mol. The number of nitrogens with zero attached hydrogens (tertiary/aromatic N) is 4. The summed E-state index contributed by atoms with van der Waals surface area (Å²) in [6.45, 7) is 1.58. The number of hydrogen-bond donors (Lipinski definition) is 0. The molecule has 1 saturated carbocycles. The van der Waals surface area contributed by atoms with Gasteiger partial charge in [0.2, 0.25) is 5.88 Å². The maximum absolute atomic E-state index is 12.4. The number of ketones is 1. The molecule has 160 valence electrons. The highest BCUT2D eigenvalue weighted by Gasteiger charge is 2.33. The van der Waals surface area contributed by atoms with Gasteiger partial charge in [-0.3, -0.25) is 4.79 Å². The number of ether oxygens (including phenoxy) is 2. The second-order valence-electron chi connectivity index (χ2n) is 7.92. The normalized spacial score (nSPS) is 18.3. The van der Waals surface area contributed by atoms with E-state index < -0.39 is 0 Å². The zero-order valence-electron chi connectivity index (χ0n) is 16.8. The average molecular weight is 441 g/mol. The number of Topliss-reactive ketones (excluding diaryl/α,β-unsaturated/α-hetero) is 1. The monoisotopic (exact) mass is 440 g/mol. The fourth-order valence-corrected chi connectivity index (χ4v) is 3.79. The molecule has 1 saturated heterocycles. The van der Waals surface area contributed by atoms with Gasteiger partial charge in [0.05, 0.1) is 5.56 Å². The van der Waals surface area contributed by atoms with Crippen molar-refractivity contribution >= 4 is 17.4 Å². The van der Waals surface area contributed by atoms with Crippen molar-refractivity contribution in [1.82, 2.24) is 20.3 Å². The van der Waals surface area contributed by atoms with E-state index in [0.29, 0.717) is 41.4 Å². The van der Waals surface area contributed by atoms with Crippen molar-refractivity contribution in [2.24, 2.45) is 5.92 Å². The van der Waals surface area contributed by atoms with E-state index >= 15 is 0 Å². The lowest BCUT2D eigenvalue weighted by Crippen LogP contribution is -2.11. The predicted octanol–water partition coefficient (Wildman–Crippen LogP) is 4.25. The van der Waals surface area contributed by atoms with Gasteiger partial charge in [-0.1, -0.05) is 16.8 Å². The van der Waals surface area contributed by atoms with E-state index in [9.17, 15) is 4.79 Å². The van der Waals surface area contributed by atoms with Crippen LogP contribution in [0.2, 0.25) is 5.15 Å². The largest absolute Gasteiger partial charge is 0.472 e. The Hall–Kier alpha value is -2.84. The van der Waals surface area contributed by atoms with Gasteiger partial charge in [0.25, 0.3) is 0 Å². The number of pyridine rings is 1. The first-order valence-corrected chi connectivity index (χ1v) is 10.7. The first-order chi connectivity index (χ1) is 15.2. The van der Waals surface area contributed by atoms with E-state index in [1.54, 1.807) is 24.4 Å². The van der Waals surface area contributed by atoms with Crippen molar-refractivity contribution in [3.05, 3.63) is 52.6 Å². The maximum atomic E-state index is 12.4. The summed E-state index contributed by atoms with van der Waals surface area (Å²) in [5.41, 5.74) is 2.71. The van der Waals surface area contributed by atoms with E-state index in [4.69, 9.17) is 25.6 Å². The van der Waals surface area contributed by atoms with Gasteiger partial charge in [-0.25, -0.2) is 4.98 Å². The number of carbonyl (C=O) groups is 1. The summed E-state index contributed by atoms with van der Waals surface area (Å²) in [6.07, 6.45) is 5.15. The Morgan fingerprint density at radius 3 is 2.74 bits per heavy atom. The summed E-state index contributed by atoms with van der Waals surface area (Å²) in [5.74, 6) is 1.78. The van der Waals surface area contributed by atoms with Crippen LogP contribution in [0.1, 0.15) is 53.4 Å². The third-order valence-corrected chi connectivity index (χ3v) is 5.78. The van der Waals surface area contributed by atoms with Gasteiger partial charge in [-0.05, 0) is 43.4 Å². The SMILES string of the molecule is O=C(C[C@H]1CCOC1)c1ccc(OCc2c(-c3ccc(Cl)nc3)noc2C2CC2)nn1. The molecule has 1 atom stereocenters. The van der Waals surface area contributed by atoms with Gasteiger partial charge in [-0.2, -0.15) is 0 Å². The van der Waals surface area contributed by atoms with Crippen LogP contribution in [-0.2, 0) is 11.3 Å². The van der Waals surface area contributed by atoms with Crippen molar-refractivity contribution in [2.45, 2.75) is 38.2 Å². The zero-order chi connectivity index (χ0) is 21.2. The van der Waals surface area contributed by atoms with Crippen LogP contribution in [0.3, 0.4) is 0 Å². The molecular weight excluding hydrogens is 420 g/mol. The number of carbonyl (C=O) groups excluding carboxylic acids is 1. The van der Waals surface area contributed by atoms with E-state index in [1.165, 1.54) is 0 Å². The molecule has 0 amide bonds. The molecule has 31 heavy (non-hydrogen) atoms. The Kier molecular flexibility index (Phi) is 5.65. The van der Waals surface area contributed by atoms with E-state index in [0.717, 1.165) is 42.8 Å². The summed E-state index contributed by atoms with van der Waals surface area (Å²) < 4.78 is 16.8. The fourth-order valence-electron chi connectivity index (χ4n) is 3.67. The molecule has 1 aliphatic heterocycles. The molecule has 4 heterocycles. The summed E-state index contributed by atoms with van der Waals surface area (Å²) >= 11 is 5.90. The third-order valence-electron chi connectivity index (χ3n) is 5.56. The highest BCUT2D eigenvalue weighted by Crippen LogP contribution is 2.44. The van der Waals surface area contributed by atoms with E-state index in [-0.39, 0.29) is 18.3 Å². The summed E-state index contributed by atoms with van der Waals surface area (Å²) in [7, 11) is 0. The zero-order valence-corrected chi connectivity index (χ0v) is 17.5. The van der Waals surface area contributed by atoms with Crippen LogP contribution >= 0.6 is 11.6 Å². The van der Waals surface area contributed by atoms with Crippen LogP contribution in [-0.4, -0.2) is 39.3 Å². The average Bonchev–Trinajstić information content (AvgIpc) is 3.34. The van der Waals surface area contributed by atoms with E-state index in [2.05, 4.69) is 20.3 Å².